The maximum Gasteiger partial charge on any atom is 0.224 e. The van der Waals surface area contributed by atoms with Crippen LogP contribution in [0.25, 0.3) is 0 Å². The van der Waals surface area contributed by atoms with Crippen molar-refractivity contribution >= 4 is 5.95 Å². The number of nitrogens with zero attached hydrogens (tertiary/aromatic N) is 6. The molecule has 7 nitrogen and oxygen atoms in total. The quantitative estimate of drug-likeness (QED) is 0.818. The van der Waals surface area contributed by atoms with Gasteiger partial charge >= 0.3 is 0 Å². The summed E-state index contributed by atoms with van der Waals surface area (Å²) in [5, 5.41) is 19.5. The molecule has 2 aromatic heterocycles. The van der Waals surface area contributed by atoms with E-state index in [4.69, 9.17) is 5.26 Å². The fourth-order valence-corrected chi connectivity index (χ4v) is 1.33. The fraction of sp³-hybridized carbons (Fsp3) is 0.300. The Morgan fingerprint density at radius 3 is 2.94 bits per heavy atom. The molecule has 0 saturated carbocycles. The highest BCUT2D eigenvalue weighted by Gasteiger charge is 2.04. The summed E-state index contributed by atoms with van der Waals surface area (Å²) < 4.78 is 1.80. The van der Waals surface area contributed by atoms with Gasteiger partial charge in [0.2, 0.25) is 5.95 Å². The summed E-state index contributed by atoms with van der Waals surface area (Å²) >= 11 is 0. The second kappa shape index (κ2) is 4.57. The molecule has 0 fully saturated rings. The van der Waals surface area contributed by atoms with Crippen LogP contribution in [-0.4, -0.2) is 24.7 Å². The second-order valence-electron chi connectivity index (χ2n) is 3.54. The van der Waals surface area contributed by atoms with Crippen LogP contribution in [0, 0.1) is 18.3 Å². The van der Waals surface area contributed by atoms with Gasteiger partial charge in [0.15, 0.2) is 5.82 Å². The molecular weight excluding hydrogens is 218 g/mol. The van der Waals surface area contributed by atoms with Crippen molar-refractivity contribution in [3.05, 3.63) is 29.6 Å². The number of nitriles is 1. The van der Waals surface area contributed by atoms with Gasteiger partial charge in [-0.05, 0) is 13.0 Å². The van der Waals surface area contributed by atoms with E-state index in [2.05, 4.69) is 25.5 Å². The molecule has 17 heavy (non-hydrogen) atoms. The molecule has 1 N–H and O–H groups in total. The standard InChI is InChI=1S/C10H11N7/c1-7-3-8(4-11)15-10(14-7)12-5-9-16-13-6-17(9)2/h3,6H,5H2,1-2H3,(H,12,14,15). The number of rotatable bonds is 3. The van der Waals surface area contributed by atoms with E-state index < -0.39 is 0 Å². The van der Waals surface area contributed by atoms with Gasteiger partial charge in [-0.15, -0.1) is 10.2 Å². The summed E-state index contributed by atoms with van der Waals surface area (Å²) in [5.41, 5.74) is 1.09. The van der Waals surface area contributed by atoms with E-state index in [1.807, 2.05) is 20.0 Å². The molecule has 2 rings (SSSR count). The largest absolute Gasteiger partial charge is 0.347 e. The Kier molecular flexibility index (Phi) is 2.96. The molecule has 0 aliphatic rings. The minimum Gasteiger partial charge on any atom is -0.347 e. The van der Waals surface area contributed by atoms with Crippen LogP contribution in [0.3, 0.4) is 0 Å². The Balaban J connectivity index is 2.12. The third kappa shape index (κ3) is 2.55. The van der Waals surface area contributed by atoms with Crippen LogP contribution in [0.4, 0.5) is 5.95 Å². The van der Waals surface area contributed by atoms with E-state index in [1.165, 1.54) is 0 Å². The SMILES string of the molecule is Cc1cc(C#N)nc(NCc2nncn2C)n1. The third-order valence-electron chi connectivity index (χ3n) is 2.18. The van der Waals surface area contributed by atoms with Crippen LogP contribution in [-0.2, 0) is 13.6 Å². The summed E-state index contributed by atoms with van der Waals surface area (Å²) in [4.78, 5) is 8.22. The van der Waals surface area contributed by atoms with Crippen molar-refractivity contribution in [2.45, 2.75) is 13.5 Å². The highest BCUT2D eigenvalue weighted by Crippen LogP contribution is 2.05. The smallest absolute Gasteiger partial charge is 0.224 e. The molecule has 2 heterocycles. The molecule has 0 radical (unpaired) electrons. The minimum absolute atomic E-state index is 0.345. The maximum absolute atomic E-state index is 8.79. The average Bonchev–Trinajstić information content (AvgIpc) is 2.71. The molecular formula is C10H11N7. The zero-order valence-corrected chi connectivity index (χ0v) is 9.55. The highest BCUT2D eigenvalue weighted by atomic mass is 15.3. The van der Waals surface area contributed by atoms with E-state index in [0.717, 1.165) is 11.5 Å². The molecule has 0 aliphatic carbocycles. The minimum atomic E-state index is 0.345. The van der Waals surface area contributed by atoms with Crippen LogP contribution in [0.1, 0.15) is 17.2 Å². The Labute approximate surface area is 98.2 Å². The molecule has 0 aliphatic heterocycles. The van der Waals surface area contributed by atoms with Gasteiger partial charge in [-0.1, -0.05) is 0 Å². The molecule has 0 unspecified atom stereocenters. The first-order chi connectivity index (χ1) is 8.19. The second-order valence-corrected chi connectivity index (χ2v) is 3.54. The summed E-state index contributed by atoms with van der Waals surface area (Å²) in [5.74, 6) is 1.19. The van der Waals surface area contributed by atoms with Crippen molar-refractivity contribution in [3.63, 3.8) is 0 Å². The van der Waals surface area contributed by atoms with Crippen LogP contribution in [0.15, 0.2) is 12.4 Å². The van der Waals surface area contributed by atoms with Crippen LogP contribution in [0.5, 0.6) is 0 Å². The summed E-state index contributed by atoms with van der Waals surface area (Å²) in [7, 11) is 1.86. The molecule has 0 saturated heterocycles. The topological polar surface area (TPSA) is 92.3 Å². The van der Waals surface area contributed by atoms with Gasteiger partial charge in [0.1, 0.15) is 18.1 Å². The maximum atomic E-state index is 8.79. The number of aromatic nitrogens is 5. The lowest BCUT2D eigenvalue weighted by atomic mass is 10.3. The summed E-state index contributed by atoms with van der Waals surface area (Å²) in [6, 6.07) is 3.62. The predicted molar refractivity (Wildman–Crippen MR) is 59.8 cm³/mol. The van der Waals surface area contributed by atoms with Crippen molar-refractivity contribution in [1.82, 2.24) is 24.7 Å². The number of nitrogens with one attached hydrogen (secondary N) is 1. The van der Waals surface area contributed by atoms with Gasteiger partial charge < -0.3 is 9.88 Å². The number of anilines is 1. The van der Waals surface area contributed by atoms with Gasteiger partial charge in [0, 0.05) is 12.7 Å². The van der Waals surface area contributed by atoms with E-state index in [-0.39, 0.29) is 0 Å². The van der Waals surface area contributed by atoms with E-state index in [0.29, 0.717) is 18.2 Å². The Bertz CT molecular complexity index is 566. The monoisotopic (exact) mass is 229 g/mol. The van der Waals surface area contributed by atoms with Crippen molar-refractivity contribution in [1.29, 1.82) is 5.26 Å². The number of hydrogen-bond acceptors (Lipinski definition) is 6. The Hall–Kier alpha value is -2.49. The zero-order valence-electron chi connectivity index (χ0n) is 9.55. The van der Waals surface area contributed by atoms with Crippen molar-refractivity contribution in [2.24, 2.45) is 7.05 Å². The van der Waals surface area contributed by atoms with Crippen LogP contribution in [0.2, 0.25) is 0 Å². The molecule has 0 spiro atoms. The lowest BCUT2D eigenvalue weighted by Crippen LogP contribution is -2.09. The molecule has 2 aromatic rings. The Morgan fingerprint density at radius 1 is 1.47 bits per heavy atom. The van der Waals surface area contributed by atoms with Gasteiger partial charge in [-0.25, -0.2) is 9.97 Å². The van der Waals surface area contributed by atoms with Crippen LogP contribution >= 0.6 is 0 Å². The highest BCUT2D eigenvalue weighted by molar-refractivity contribution is 5.33. The van der Waals surface area contributed by atoms with Crippen molar-refractivity contribution in [3.8, 4) is 6.07 Å². The number of aryl methyl sites for hydroxylation is 2. The third-order valence-corrected chi connectivity index (χ3v) is 2.18. The summed E-state index contributed by atoms with van der Waals surface area (Å²) in [6.07, 6.45) is 1.62. The molecule has 0 atom stereocenters. The molecule has 0 bridgehead atoms. The molecule has 7 heteroatoms. The molecule has 0 amide bonds. The van der Waals surface area contributed by atoms with Crippen molar-refractivity contribution in [2.75, 3.05) is 5.32 Å². The fourth-order valence-electron chi connectivity index (χ4n) is 1.33. The van der Waals surface area contributed by atoms with Crippen LogP contribution < -0.4 is 5.32 Å². The Morgan fingerprint density at radius 2 is 2.29 bits per heavy atom. The van der Waals surface area contributed by atoms with E-state index in [1.54, 1.807) is 17.0 Å². The van der Waals surface area contributed by atoms with Gasteiger partial charge in [0.25, 0.3) is 0 Å². The van der Waals surface area contributed by atoms with Crippen molar-refractivity contribution < 1.29 is 0 Å². The van der Waals surface area contributed by atoms with E-state index in [9.17, 15) is 0 Å². The lowest BCUT2D eigenvalue weighted by molar-refractivity contribution is 0.806. The van der Waals surface area contributed by atoms with Gasteiger partial charge in [0.05, 0.1) is 6.54 Å². The normalized spacial score (nSPS) is 9.94. The number of hydrogen-bond donors (Lipinski definition) is 1. The predicted octanol–water partition coefficient (Wildman–Crippen LogP) is 0.397. The zero-order chi connectivity index (χ0) is 12.3. The lowest BCUT2D eigenvalue weighted by Gasteiger charge is -2.04. The van der Waals surface area contributed by atoms with Gasteiger partial charge in [-0.3, -0.25) is 0 Å². The van der Waals surface area contributed by atoms with E-state index >= 15 is 0 Å². The average molecular weight is 229 g/mol. The first-order valence-electron chi connectivity index (χ1n) is 5.01. The first-order valence-corrected chi connectivity index (χ1v) is 5.01. The molecule has 86 valence electrons. The summed E-state index contributed by atoms with van der Waals surface area (Å²) in [6.45, 7) is 2.28. The molecule has 0 aromatic carbocycles. The van der Waals surface area contributed by atoms with Gasteiger partial charge in [-0.2, -0.15) is 5.26 Å². The first kappa shape index (κ1) is 11.0.